The van der Waals surface area contributed by atoms with Gasteiger partial charge >= 0.3 is 0 Å². The molecule has 0 fully saturated rings. The summed E-state index contributed by atoms with van der Waals surface area (Å²) in [5.41, 5.74) is 3.56. The van der Waals surface area contributed by atoms with E-state index in [1.807, 2.05) is 25.7 Å². The molecule has 2 aromatic heterocycles. The Bertz CT molecular complexity index is 515. The molecular formula is C13H20N4S. The number of hydrogen-bond donors (Lipinski definition) is 1. The molecule has 0 amide bonds. The van der Waals surface area contributed by atoms with Gasteiger partial charge in [-0.05, 0) is 20.4 Å². The number of aryl methyl sites for hydroxylation is 3. The lowest BCUT2D eigenvalue weighted by molar-refractivity contribution is 0.584. The fourth-order valence-corrected chi connectivity index (χ4v) is 2.98. The van der Waals surface area contributed by atoms with Crippen LogP contribution in [-0.4, -0.2) is 21.8 Å². The predicted octanol–water partition coefficient (Wildman–Crippen LogP) is 2.25. The summed E-state index contributed by atoms with van der Waals surface area (Å²) in [6.45, 7) is 4.18. The highest BCUT2D eigenvalue weighted by molar-refractivity contribution is 7.09. The maximum atomic E-state index is 4.54. The summed E-state index contributed by atoms with van der Waals surface area (Å²) >= 11 is 1.73. The molecular weight excluding hydrogens is 244 g/mol. The normalized spacial score (nSPS) is 12.9. The van der Waals surface area contributed by atoms with Crippen molar-refractivity contribution in [2.75, 3.05) is 7.05 Å². The average Bonchev–Trinajstić information content (AvgIpc) is 2.92. The second-order valence-electron chi connectivity index (χ2n) is 4.49. The van der Waals surface area contributed by atoms with Crippen LogP contribution in [0, 0.1) is 6.92 Å². The third kappa shape index (κ3) is 2.79. The van der Waals surface area contributed by atoms with Crippen molar-refractivity contribution < 1.29 is 0 Å². The Kier molecular flexibility index (Phi) is 4.14. The zero-order chi connectivity index (χ0) is 13.1. The zero-order valence-electron chi connectivity index (χ0n) is 11.4. The Morgan fingerprint density at radius 3 is 2.83 bits per heavy atom. The smallest absolute Gasteiger partial charge is 0.0947 e. The molecule has 0 bridgehead atoms. The molecule has 0 spiro atoms. The fourth-order valence-electron chi connectivity index (χ4n) is 2.16. The minimum Gasteiger partial charge on any atom is -0.313 e. The molecule has 18 heavy (non-hydrogen) atoms. The van der Waals surface area contributed by atoms with E-state index < -0.39 is 0 Å². The van der Waals surface area contributed by atoms with E-state index in [4.69, 9.17) is 0 Å². The van der Waals surface area contributed by atoms with E-state index in [1.165, 1.54) is 16.3 Å². The maximum Gasteiger partial charge on any atom is 0.0947 e. The lowest BCUT2D eigenvalue weighted by Crippen LogP contribution is -2.19. The van der Waals surface area contributed by atoms with Crippen LogP contribution < -0.4 is 5.32 Å². The molecule has 0 aliphatic heterocycles. The van der Waals surface area contributed by atoms with E-state index in [-0.39, 0.29) is 0 Å². The molecule has 2 heterocycles. The van der Waals surface area contributed by atoms with Crippen LogP contribution in [0.3, 0.4) is 0 Å². The van der Waals surface area contributed by atoms with Crippen LogP contribution >= 0.6 is 11.3 Å². The van der Waals surface area contributed by atoms with Gasteiger partial charge in [0.05, 0.1) is 10.7 Å². The molecule has 0 saturated carbocycles. The third-order valence-electron chi connectivity index (χ3n) is 3.04. The van der Waals surface area contributed by atoms with E-state index in [0.717, 1.165) is 18.5 Å². The Balaban J connectivity index is 2.22. The lowest BCUT2D eigenvalue weighted by Gasteiger charge is -2.14. The number of rotatable bonds is 5. The molecule has 1 unspecified atom stereocenters. The first kappa shape index (κ1) is 13.2. The monoisotopic (exact) mass is 264 g/mol. The van der Waals surface area contributed by atoms with Gasteiger partial charge in [0.1, 0.15) is 0 Å². The van der Waals surface area contributed by atoms with E-state index in [1.54, 1.807) is 11.3 Å². The van der Waals surface area contributed by atoms with E-state index in [2.05, 4.69) is 33.9 Å². The molecule has 4 nitrogen and oxygen atoms in total. The summed E-state index contributed by atoms with van der Waals surface area (Å²) in [5, 5.41) is 11.2. The first-order valence-electron chi connectivity index (χ1n) is 6.24. The van der Waals surface area contributed by atoms with Gasteiger partial charge in [-0.25, -0.2) is 4.98 Å². The first-order chi connectivity index (χ1) is 8.63. The van der Waals surface area contributed by atoms with Crippen LogP contribution in [0.15, 0.2) is 11.6 Å². The molecule has 2 rings (SSSR count). The summed E-state index contributed by atoms with van der Waals surface area (Å²) < 4.78 is 1.89. The molecule has 5 heteroatoms. The van der Waals surface area contributed by atoms with Crippen LogP contribution in [0.25, 0.3) is 0 Å². The highest BCUT2D eigenvalue weighted by Gasteiger charge is 2.17. The van der Waals surface area contributed by atoms with Crippen LogP contribution in [0.5, 0.6) is 0 Å². The fraction of sp³-hybridized carbons (Fsp3) is 0.538. The second kappa shape index (κ2) is 5.63. The molecule has 1 atom stereocenters. The van der Waals surface area contributed by atoms with Crippen molar-refractivity contribution in [1.82, 2.24) is 20.1 Å². The van der Waals surface area contributed by atoms with E-state index >= 15 is 0 Å². The number of nitrogens with one attached hydrogen (secondary N) is 1. The molecule has 0 radical (unpaired) electrons. The number of thiazole rings is 1. The van der Waals surface area contributed by atoms with Gasteiger partial charge in [-0.3, -0.25) is 4.68 Å². The van der Waals surface area contributed by atoms with E-state index in [9.17, 15) is 0 Å². The van der Waals surface area contributed by atoms with Gasteiger partial charge in [-0.15, -0.1) is 11.3 Å². The minimum atomic E-state index is 0.291. The average molecular weight is 264 g/mol. The Labute approximate surface area is 112 Å². The van der Waals surface area contributed by atoms with E-state index in [0.29, 0.717) is 6.04 Å². The summed E-state index contributed by atoms with van der Waals surface area (Å²) in [4.78, 5) is 4.54. The number of nitrogens with zero attached hydrogens (tertiary/aromatic N) is 3. The quantitative estimate of drug-likeness (QED) is 0.900. The number of likely N-dealkylation sites (N-methyl/N-ethyl adjacent to an activating group) is 1. The van der Waals surface area contributed by atoms with Crippen molar-refractivity contribution in [2.45, 2.75) is 32.7 Å². The molecule has 1 N–H and O–H groups in total. The minimum absolute atomic E-state index is 0.291. The third-order valence-corrected chi connectivity index (χ3v) is 4.03. The largest absolute Gasteiger partial charge is 0.313 e. The van der Waals surface area contributed by atoms with Gasteiger partial charge < -0.3 is 5.32 Å². The Hall–Kier alpha value is -1.20. The second-order valence-corrected chi connectivity index (χ2v) is 5.43. The molecule has 0 saturated heterocycles. The molecule has 0 aromatic carbocycles. The van der Waals surface area contributed by atoms with Crippen LogP contribution in [0.2, 0.25) is 0 Å². The molecule has 98 valence electrons. The number of hydrogen-bond acceptors (Lipinski definition) is 4. The molecule has 0 aliphatic carbocycles. The van der Waals surface area contributed by atoms with Crippen molar-refractivity contribution in [1.29, 1.82) is 0 Å². The number of aromatic nitrogens is 3. The predicted molar refractivity (Wildman–Crippen MR) is 74.9 cm³/mol. The van der Waals surface area contributed by atoms with Gasteiger partial charge in [0.15, 0.2) is 0 Å². The van der Waals surface area contributed by atoms with Crippen LogP contribution in [0.4, 0.5) is 0 Å². The van der Waals surface area contributed by atoms with Crippen molar-refractivity contribution in [3.05, 3.63) is 33.5 Å². The van der Waals surface area contributed by atoms with Gasteiger partial charge in [0, 0.05) is 42.3 Å². The standard InChI is InChI=1S/C13H20N4S/c1-5-11-10(7-17(4)16-11)12(14-3)6-13-15-9(2)8-18-13/h7-8,12,14H,5-6H2,1-4H3. The highest BCUT2D eigenvalue weighted by atomic mass is 32.1. The summed E-state index contributed by atoms with van der Waals surface area (Å²) in [6, 6.07) is 0.291. The maximum absolute atomic E-state index is 4.54. The van der Waals surface area contributed by atoms with Crippen molar-refractivity contribution in [3.63, 3.8) is 0 Å². The van der Waals surface area contributed by atoms with Gasteiger partial charge in [-0.1, -0.05) is 6.92 Å². The first-order valence-corrected chi connectivity index (χ1v) is 7.12. The van der Waals surface area contributed by atoms with Crippen LogP contribution in [-0.2, 0) is 19.9 Å². The Morgan fingerprint density at radius 2 is 2.28 bits per heavy atom. The topological polar surface area (TPSA) is 42.7 Å². The highest BCUT2D eigenvalue weighted by Crippen LogP contribution is 2.23. The van der Waals surface area contributed by atoms with Crippen LogP contribution in [0.1, 0.15) is 34.9 Å². The zero-order valence-corrected chi connectivity index (χ0v) is 12.2. The molecule has 0 aliphatic rings. The van der Waals surface area contributed by atoms with Gasteiger partial charge in [-0.2, -0.15) is 5.10 Å². The molecule has 2 aromatic rings. The lowest BCUT2D eigenvalue weighted by atomic mass is 10.0. The summed E-state index contributed by atoms with van der Waals surface area (Å²) in [6.07, 6.45) is 4.00. The van der Waals surface area contributed by atoms with Crippen molar-refractivity contribution in [2.24, 2.45) is 7.05 Å². The van der Waals surface area contributed by atoms with Crippen molar-refractivity contribution >= 4 is 11.3 Å². The van der Waals surface area contributed by atoms with Gasteiger partial charge in [0.2, 0.25) is 0 Å². The summed E-state index contributed by atoms with van der Waals surface area (Å²) in [5.74, 6) is 0. The van der Waals surface area contributed by atoms with Gasteiger partial charge in [0.25, 0.3) is 0 Å². The Morgan fingerprint density at radius 1 is 1.50 bits per heavy atom. The van der Waals surface area contributed by atoms with Crippen molar-refractivity contribution in [3.8, 4) is 0 Å². The summed E-state index contributed by atoms with van der Waals surface area (Å²) in [7, 11) is 3.97. The SMILES string of the molecule is CCc1nn(C)cc1C(Cc1nc(C)cs1)NC.